The van der Waals surface area contributed by atoms with Gasteiger partial charge in [0.15, 0.2) is 0 Å². The molecule has 1 aromatic rings. The van der Waals surface area contributed by atoms with Gasteiger partial charge in [-0.1, -0.05) is 6.92 Å². The fourth-order valence-electron chi connectivity index (χ4n) is 1.59. The van der Waals surface area contributed by atoms with Gasteiger partial charge in [-0.05, 0) is 18.1 Å². The fourth-order valence-corrected chi connectivity index (χ4v) is 1.59. The minimum atomic E-state index is 0.0614. The lowest BCUT2D eigenvalue weighted by Gasteiger charge is -2.04. The van der Waals surface area contributed by atoms with Gasteiger partial charge < -0.3 is 19.9 Å². The van der Waals surface area contributed by atoms with Crippen LogP contribution in [0.1, 0.15) is 18.9 Å². The lowest BCUT2D eigenvalue weighted by atomic mass is 10.3. The number of nitrogens with one attached hydrogen (secondary N) is 2. The van der Waals surface area contributed by atoms with E-state index in [1.165, 1.54) is 5.56 Å². The first-order chi connectivity index (χ1) is 8.76. The van der Waals surface area contributed by atoms with Crippen molar-refractivity contribution in [2.75, 3.05) is 26.8 Å². The molecule has 0 unspecified atom stereocenters. The van der Waals surface area contributed by atoms with Gasteiger partial charge in [0.05, 0.1) is 6.61 Å². The molecule has 0 radical (unpaired) electrons. The predicted octanol–water partition coefficient (Wildman–Crippen LogP) is 0.750. The normalized spacial score (nSPS) is 10.6. The van der Waals surface area contributed by atoms with Crippen LogP contribution in [0.15, 0.2) is 18.5 Å². The molecule has 0 aliphatic rings. The zero-order chi connectivity index (χ0) is 13.2. The number of rotatable bonds is 9. The smallest absolute Gasteiger partial charge is 0.239 e. The van der Waals surface area contributed by atoms with Crippen molar-refractivity contribution in [3.63, 3.8) is 0 Å². The van der Waals surface area contributed by atoms with Crippen LogP contribution in [0.4, 0.5) is 0 Å². The monoisotopic (exact) mass is 253 g/mol. The molecule has 1 heterocycles. The summed E-state index contributed by atoms with van der Waals surface area (Å²) in [5.74, 6) is 0.0614. The van der Waals surface area contributed by atoms with Gasteiger partial charge in [0, 0.05) is 39.1 Å². The summed E-state index contributed by atoms with van der Waals surface area (Å²) >= 11 is 0. The van der Waals surface area contributed by atoms with Crippen LogP contribution in [0.5, 0.6) is 0 Å². The molecule has 5 heteroatoms. The summed E-state index contributed by atoms with van der Waals surface area (Å²) < 4.78 is 6.86. The van der Waals surface area contributed by atoms with Gasteiger partial charge in [0.25, 0.3) is 0 Å². The molecule has 1 rings (SSSR count). The number of carbonyl (C=O) groups excluding carboxylic acids is 1. The maximum absolute atomic E-state index is 11.5. The summed E-state index contributed by atoms with van der Waals surface area (Å²) in [4.78, 5) is 11.5. The standard InChI is InChI=1S/C13H23N3O2/c1-3-5-15-13(17)11-16-7-4-12(10-16)9-14-6-8-18-2/h4,7,10,14H,3,5-6,8-9,11H2,1-2H3,(H,15,17). The van der Waals surface area contributed by atoms with Gasteiger partial charge in [0.1, 0.15) is 6.54 Å². The molecule has 0 aromatic carbocycles. The SMILES string of the molecule is CCCNC(=O)Cn1ccc(CNCCOC)c1. The van der Waals surface area contributed by atoms with E-state index in [1.807, 2.05) is 30.0 Å². The summed E-state index contributed by atoms with van der Waals surface area (Å²) in [6.45, 7) is 5.51. The van der Waals surface area contributed by atoms with E-state index in [0.29, 0.717) is 13.2 Å². The van der Waals surface area contributed by atoms with Crippen molar-refractivity contribution in [3.8, 4) is 0 Å². The van der Waals surface area contributed by atoms with Gasteiger partial charge >= 0.3 is 0 Å². The van der Waals surface area contributed by atoms with Gasteiger partial charge in [-0.2, -0.15) is 0 Å². The average molecular weight is 253 g/mol. The van der Waals surface area contributed by atoms with E-state index >= 15 is 0 Å². The van der Waals surface area contributed by atoms with Gasteiger partial charge in [0.2, 0.25) is 5.91 Å². The van der Waals surface area contributed by atoms with Crippen LogP contribution < -0.4 is 10.6 Å². The van der Waals surface area contributed by atoms with Crippen LogP contribution in [0.3, 0.4) is 0 Å². The van der Waals surface area contributed by atoms with E-state index in [0.717, 1.165) is 26.1 Å². The molecule has 5 nitrogen and oxygen atoms in total. The highest BCUT2D eigenvalue weighted by Crippen LogP contribution is 2.00. The zero-order valence-corrected chi connectivity index (χ0v) is 11.2. The van der Waals surface area contributed by atoms with E-state index in [1.54, 1.807) is 7.11 Å². The van der Waals surface area contributed by atoms with Crippen molar-refractivity contribution in [2.24, 2.45) is 0 Å². The van der Waals surface area contributed by atoms with Crippen LogP contribution in [-0.4, -0.2) is 37.3 Å². The number of amides is 1. The molecule has 18 heavy (non-hydrogen) atoms. The second-order valence-electron chi connectivity index (χ2n) is 4.21. The van der Waals surface area contributed by atoms with E-state index in [2.05, 4.69) is 10.6 Å². The highest BCUT2D eigenvalue weighted by molar-refractivity contribution is 5.75. The number of methoxy groups -OCH3 is 1. The summed E-state index contributed by atoms with van der Waals surface area (Å²) in [5.41, 5.74) is 1.18. The Bertz CT molecular complexity index is 350. The van der Waals surface area contributed by atoms with Crippen LogP contribution in [0.25, 0.3) is 0 Å². The first kappa shape index (κ1) is 14.7. The number of nitrogens with zero attached hydrogens (tertiary/aromatic N) is 1. The van der Waals surface area contributed by atoms with Gasteiger partial charge in [-0.25, -0.2) is 0 Å². The molecule has 1 aromatic heterocycles. The summed E-state index contributed by atoms with van der Waals surface area (Å²) in [5, 5.41) is 6.12. The summed E-state index contributed by atoms with van der Waals surface area (Å²) in [6, 6.07) is 2.02. The van der Waals surface area contributed by atoms with Gasteiger partial charge in [-0.15, -0.1) is 0 Å². The molecule has 0 aliphatic carbocycles. The molecule has 2 N–H and O–H groups in total. The van der Waals surface area contributed by atoms with Crippen LogP contribution >= 0.6 is 0 Å². The van der Waals surface area contributed by atoms with E-state index in [-0.39, 0.29) is 5.91 Å². The molecular formula is C13H23N3O2. The molecule has 0 bridgehead atoms. The van der Waals surface area contributed by atoms with Crippen LogP contribution in [-0.2, 0) is 22.6 Å². The Morgan fingerprint density at radius 3 is 3.00 bits per heavy atom. The number of hydrogen-bond acceptors (Lipinski definition) is 3. The molecule has 0 aliphatic heterocycles. The molecule has 1 amide bonds. The number of carbonyl (C=O) groups is 1. The maximum atomic E-state index is 11.5. The van der Waals surface area contributed by atoms with Crippen molar-refractivity contribution in [1.82, 2.24) is 15.2 Å². The van der Waals surface area contributed by atoms with E-state index in [9.17, 15) is 4.79 Å². The molecular weight excluding hydrogens is 230 g/mol. The zero-order valence-electron chi connectivity index (χ0n) is 11.2. The number of ether oxygens (including phenoxy) is 1. The molecule has 0 saturated carbocycles. The van der Waals surface area contributed by atoms with Crippen LogP contribution in [0.2, 0.25) is 0 Å². The topological polar surface area (TPSA) is 55.3 Å². The van der Waals surface area contributed by atoms with Crippen molar-refractivity contribution in [1.29, 1.82) is 0 Å². The molecule has 102 valence electrons. The first-order valence-electron chi connectivity index (χ1n) is 6.37. The third-order valence-electron chi connectivity index (χ3n) is 2.52. The second kappa shape index (κ2) is 8.72. The average Bonchev–Trinajstić information content (AvgIpc) is 2.80. The summed E-state index contributed by atoms with van der Waals surface area (Å²) in [6.07, 6.45) is 4.89. The number of aromatic nitrogens is 1. The van der Waals surface area contributed by atoms with Crippen molar-refractivity contribution in [3.05, 3.63) is 24.0 Å². The Balaban J connectivity index is 2.27. The fraction of sp³-hybridized carbons (Fsp3) is 0.615. The minimum Gasteiger partial charge on any atom is -0.383 e. The van der Waals surface area contributed by atoms with Gasteiger partial charge in [-0.3, -0.25) is 4.79 Å². The van der Waals surface area contributed by atoms with Crippen molar-refractivity contribution >= 4 is 5.91 Å². The molecule has 0 fully saturated rings. The highest BCUT2D eigenvalue weighted by atomic mass is 16.5. The molecule has 0 atom stereocenters. The minimum absolute atomic E-state index is 0.0614. The van der Waals surface area contributed by atoms with Crippen molar-refractivity contribution in [2.45, 2.75) is 26.4 Å². The second-order valence-corrected chi connectivity index (χ2v) is 4.21. The lowest BCUT2D eigenvalue weighted by Crippen LogP contribution is -2.27. The Labute approximate surface area is 109 Å². The Hall–Kier alpha value is -1.33. The quantitative estimate of drug-likeness (QED) is 0.639. The third kappa shape index (κ3) is 5.84. The Kier molecular flexibility index (Phi) is 7.13. The van der Waals surface area contributed by atoms with E-state index in [4.69, 9.17) is 4.74 Å². The lowest BCUT2D eigenvalue weighted by molar-refractivity contribution is -0.121. The van der Waals surface area contributed by atoms with Crippen molar-refractivity contribution < 1.29 is 9.53 Å². The number of hydrogen-bond donors (Lipinski definition) is 2. The Morgan fingerprint density at radius 1 is 1.44 bits per heavy atom. The molecule has 0 spiro atoms. The maximum Gasteiger partial charge on any atom is 0.239 e. The highest BCUT2D eigenvalue weighted by Gasteiger charge is 2.02. The predicted molar refractivity (Wildman–Crippen MR) is 71.3 cm³/mol. The van der Waals surface area contributed by atoms with E-state index < -0.39 is 0 Å². The first-order valence-corrected chi connectivity index (χ1v) is 6.37. The third-order valence-corrected chi connectivity index (χ3v) is 2.52. The largest absolute Gasteiger partial charge is 0.383 e. The molecule has 0 saturated heterocycles. The summed E-state index contributed by atoms with van der Waals surface area (Å²) in [7, 11) is 1.69. The van der Waals surface area contributed by atoms with Crippen LogP contribution in [0, 0.1) is 0 Å². The Morgan fingerprint density at radius 2 is 2.28 bits per heavy atom.